The van der Waals surface area contributed by atoms with Gasteiger partial charge in [0.2, 0.25) is 5.89 Å². The van der Waals surface area contributed by atoms with Gasteiger partial charge in [-0.2, -0.15) is 0 Å². The number of hydrogen-bond donors (Lipinski definition) is 0. The number of rotatable bonds is 3. The van der Waals surface area contributed by atoms with E-state index >= 15 is 0 Å². The van der Waals surface area contributed by atoms with Crippen molar-refractivity contribution < 1.29 is 9.15 Å². The third kappa shape index (κ3) is 3.64. The fourth-order valence-electron chi connectivity index (χ4n) is 2.75. The van der Waals surface area contributed by atoms with E-state index in [1.807, 2.05) is 24.3 Å². The lowest BCUT2D eigenvalue weighted by atomic mass is 10.2. The van der Waals surface area contributed by atoms with E-state index in [1.54, 1.807) is 6.26 Å². The van der Waals surface area contributed by atoms with Gasteiger partial charge < -0.3 is 9.15 Å². The van der Waals surface area contributed by atoms with Crippen LogP contribution in [-0.4, -0.2) is 35.2 Å². The minimum Gasteiger partial charge on any atom is -0.444 e. The smallest absolute Gasteiger partial charge is 0.226 e. The summed E-state index contributed by atoms with van der Waals surface area (Å²) in [7, 11) is 0. The van der Waals surface area contributed by atoms with E-state index in [1.165, 1.54) is 0 Å². The molecule has 1 fully saturated rings. The zero-order chi connectivity index (χ0) is 14.8. The number of morpholine rings is 1. The number of oxazole rings is 1. The minimum atomic E-state index is 0.261. The Morgan fingerprint density at radius 3 is 2.52 bits per heavy atom. The Kier molecular flexibility index (Phi) is 4.29. The lowest BCUT2D eigenvalue weighted by molar-refractivity contribution is -0.0707. The zero-order valence-corrected chi connectivity index (χ0v) is 13.0. The van der Waals surface area contributed by atoms with Crippen LogP contribution in [-0.2, 0) is 11.3 Å². The molecule has 0 unspecified atom stereocenters. The summed E-state index contributed by atoms with van der Waals surface area (Å²) in [5.41, 5.74) is 1.88. The molecule has 2 aromatic rings. The summed E-state index contributed by atoms with van der Waals surface area (Å²) in [5, 5.41) is 0.710. The van der Waals surface area contributed by atoms with Gasteiger partial charge in [-0.1, -0.05) is 11.6 Å². The molecule has 0 aliphatic carbocycles. The van der Waals surface area contributed by atoms with Crippen LogP contribution >= 0.6 is 11.6 Å². The topological polar surface area (TPSA) is 38.5 Å². The molecule has 1 saturated heterocycles. The highest BCUT2D eigenvalue weighted by Crippen LogP contribution is 2.22. The molecule has 0 bridgehead atoms. The highest BCUT2D eigenvalue weighted by Gasteiger charge is 2.23. The fourth-order valence-corrected chi connectivity index (χ4v) is 2.87. The van der Waals surface area contributed by atoms with Crippen LogP contribution in [0.4, 0.5) is 0 Å². The average Bonchev–Trinajstić information content (AvgIpc) is 2.87. The van der Waals surface area contributed by atoms with Gasteiger partial charge >= 0.3 is 0 Å². The fraction of sp³-hybridized carbons (Fsp3) is 0.438. The van der Waals surface area contributed by atoms with E-state index in [-0.39, 0.29) is 12.2 Å². The van der Waals surface area contributed by atoms with Crippen LogP contribution in [0.5, 0.6) is 0 Å². The summed E-state index contributed by atoms with van der Waals surface area (Å²) in [6.07, 6.45) is 2.25. The summed E-state index contributed by atoms with van der Waals surface area (Å²) in [4.78, 5) is 6.91. The van der Waals surface area contributed by atoms with Crippen molar-refractivity contribution in [3.05, 3.63) is 41.2 Å². The molecule has 1 aliphatic rings. The maximum absolute atomic E-state index is 5.89. The molecule has 0 saturated carbocycles. The van der Waals surface area contributed by atoms with Gasteiger partial charge in [0.15, 0.2) is 0 Å². The molecule has 5 heteroatoms. The maximum Gasteiger partial charge on any atom is 0.226 e. The molecule has 0 spiro atoms. The molecular weight excluding hydrogens is 288 g/mol. The Balaban J connectivity index is 1.69. The van der Waals surface area contributed by atoms with Gasteiger partial charge in [0.05, 0.1) is 17.9 Å². The van der Waals surface area contributed by atoms with Crippen molar-refractivity contribution in [2.45, 2.75) is 32.6 Å². The molecule has 3 rings (SSSR count). The lowest BCUT2D eigenvalue weighted by Crippen LogP contribution is -2.44. The van der Waals surface area contributed by atoms with Crippen LogP contribution < -0.4 is 0 Å². The van der Waals surface area contributed by atoms with E-state index in [0.717, 1.165) is 30.9 Å². The van der Waals surface area contributed by atoms with Crippen LogP contribution in [0.15, 0.2) is 34.9 Å². The predicted molar refractivity (Wildman–Crippen MR) is 82.2 cm³/mol. The van der Waals surface area contributed by atoms with Crippen LogP contribution in [0, 0.1) is 0 Å². The first kappa shape index (κ1) is 14.6. The minimum absolute atomic E-state index is 0.261. The Hall–Kier alpha value is -1.36. The first-order chi connectivity index (χ1) is 10.1. The summed E-state index contributed by atoms with van der Waals surface area (Å²) in [6.45, 7) is 6.84. The van der Waals surface area contributed by atoms with E-state index in [2.05, 4.69) is 23.7 Å². The first-order valence-corrected chi connectivity index (χ1v) is 7.56. The van der Waals surface area contributed by atoms with E-state index in [0.29, 0.717) is 10.9 Å². The monoisotopic (exact) mass is 306 g/mol. The quantitative estimate of drug-likeness (QED) is 0.868. The van der Waals surface area contributed by atoms with Gasteiger partial charge in [-0.3, -0.25) is 4.90 Å². The molecule has 112 valence electrons. The van der Waals surface area contributed by atoms with Crippen molar-refractivity contribution in [2.24, 2.45) is 0 Å². The Morgan fingerprint density at radius 1 is 1.19 bits per heavy atom. The van der Waals surface area contributed by atoms with E-state index in [4.69, 9.17) is 20.8 Å². The van der Waals surface area contributed by atoms with Gasteiger partial charge in [-0.15, -0.1) is 0 Å². The standard InChI is InChI=1S/C16H19ClN2O2/c1-11-7-19(8-12(2)21-11)9-15-10-20-16(18-15)13-3-5-14(17)6-4-13/h3-6,10-12H,7-9H2,1-2H3/t11-,12+. The Labute approximate surface area is 129 Å². The second-order valence-corrected chi connectivity index (χ2v) is 6.04. The van der Waals surface area contributed by atoms with E-state index in [9.17, 15) is 0 Å². The predicted octanol–water partition coefficient (Wildman–Crippen LogP) is 3.60. The van der Waals surface area contributed by atoms with Gasteiger partial charge in [-0.05, 0) is 38.1 Å². The number of nitrogens with zero attached hydrogens (tertiary/aromatic N) is 2. The average molecular weight is 307 g/mol. The molecule has 21 heavy (non-hydrogen) atoms. The van der Waals surface area contributed by atoms with Crippen molar-refractivity contribution in [3.8, 4) is 11.5 Å². The van der Waals surface area contributed by atoms with Gasteiger partial charge in [0, 0.05) is 30.2 Å². The highest BCUT2D eigenvalue weighted by atomic mass is 35.5. The zero-order valence-electron chi connectivity index (χ0n) is 12.3. The first-order valence-electron chi connectivity index (χ1n) is 7.18. The normalized spacial score (nSPS) is 23.4. The van der Waals surface area contributed by atoms with Crippen molar-refractivity contribution in [2.75, 3.05) is 13.1 Å². The highest BCUT2D eigenvalue weighted by molar-refractivity contribution is 6.30. The summed E-state index contributed by atoms with van der Waals surface area (Å²) < 4.78 is 11.3. The third-order valence-electron chi connectivity index (χ3n) is 3.52. The summed E-state index contributed by atoms with van der Waals surface area (Å²) in [5.74, 6) is 0.635. The van der Waals surface area contributed by atoms with Crippen LogP contribution in [0.3, 0.4) is 0 Å². The molecule has 2 heterocycles. The molecule has 4 nitrogen and oxygen atoms in total. The molecule has 1 aromatic heterocycles. The third-order valence-corrected chi connectivity index (χ3v) is 3.78. The van der Waals surface area contributed by atoms with Crippen molar-refractivity contribution in [3.63, 3.8) is 0 Å². The number of aromatic nitrogens is 1. The van der Waals surface area contributed by atoms with Crippen LogP contribution in [0.1, 0.15) is 19.5 Å². The molecule has 2 atom stereocenters. The lowest BCUT2D eigenvalue weighted by Gasteiger charge is -2.34. The van der Waals surface area contributed by atoms with Gasteiger partial charge in [0.25, 0.3) is 0 Å². The van der Waals surface area contributed by atoms with Gasteiger partial charge in [0.1, 0.15) is 6.26 Å². The molecule has 0 radical (unpaired) electrons. The summed E-state index contributed by atoms with van der Waals surface area (Å²) >= 11 is 5.89. The van der Waals surface area contributed by atoms with Crippen LogP contribution in [0.2, 0.25) is 5.02 Å². The largest absolute Gasteiger partial charge is 0.444 e. The van der Waals surface area contributed by atoms with Crippen molar-refractivity contribution in [1.82, 2.24) is 9.88 Å². The molecule has 0 N–H and O–H groups in total. The maximum atomic E-state index is 5.89. The van der Waals surface area contributed by atoms with Crippen molar-refractivity contribution >= 4 is 11.6 Å². The second kappa shape index (κ2) is 6.18. The molecule has 1 aromatic carbocycles. The Morgan fingerprint density at radius 2 is 1.86 bits per heavy atom. The number of ether oxygens (including phenoxy) is 1. The molecular formula is C16H19ClN2O2. The van der Waals surface area contributed by atoms with Crippen molar-refractivity contribution in [1.29, 1.82) is 0 Å². The van der Waals surface area contributed by atoms with E-state index < -0.39 is 0 Å². The number of halogens is 1. The Bertz CT molecular complexity index is 587. The molecule has 1 aliphatic heterocycles. The molecule has 0 amide bonds. The number of hydrogen-bond acceptors (Lipinski definition) is 4. The van der Waals surface area contributed by atoms with Crippen LogP contribution in [0.25, 0.3) is 11.5 Å². The second-order valence-electron chi connectivity index (χ2n) is 5.60. The van der Waals surface area contributed by atoms with Gasteiger partial charge in [-0.25, -0.2) is 4.98 Å². The number of benzene rings is 1. The SMILES string of the molecule is C[C@@H]1CN(Cc2coc(-c3ccc(Cl)cc3)n2)C[C@H](C)O1. The summed E-state index contributed by atoms with van der Waals surface area (Å²) in [6, 6.07) is 7.51.